The SMILES string of the molecule is O=C1CCC(N2C(=O)c3ccc(NCCC4CCN(CCc5cc(O)c(N6CC(=O)NS6=O)c(F)c5)C4)cc3C2=O)C(=O)N1. The van der Waals surface area contributed by atoms with Crippen molar-refractivity contribution in [1.29, 1.82) is 0 Å². The Morgan fingerprint density at radius 3 is 2.55 bits per heavy atom. The molecule has 0 spiro atoms. The van der Waals surface area contributed by atoms with Gasteiger partial charge >= 0.3 is 0 Å². The van der Waals surface area contributed by atoms with Crippen LogP contribution >= 0.6 is 0 Å². The fourth-order valence-electron chi connectivity index (χ4n) is 6.21. The normalized spacial score (nSPS) is 23.8. The Labute approximate surface area is 254 Å². The summed E-state index contributed by atoms with van der Waals surface area (Å²) in [7, 11) is 0. The monoisotopic (exact) mass is 626 g/mol. The molecule has 15 heteroatoms. The third-order valence-electron chi connectivity index (χ3n) is 8.45. The van der Waals surface area contributed by atoms with E-state index in [4.69, 9.17) is 0 Å². The number of hydrogen-bond acceptors (Lipinski definition) is 9. The molecule has 232 valence electrons. The summed E-state index contributed by atoms with van der Waals surface area (Å²) in [6, 6.07) is 6.67. The van der Waals surface area contributed by atoms with E-state index in [0.29, 0.717) is 36.7 Å². The fourth-order valence-corrected chi connectivity index (χ4v) is 7.16. The van der Waals surface area contributed by atoms with E-state index in [0.717, 1.165) is 35.1 Å². The van der Waals surface area contributed by atoms with Gasteiger partial charge in [-0.3, -0.25) is 43.2 Å². The quantitative estimate of drug-likeness (QED) is 0.295. The van der Waals surface area contributed by atoms with Gasteiger partial charge in [0.15, 0.2) is 5.82 Å². The first-order valence-electron chi connectivity index (χ1n) is 14.4. The van der Waals surface area contributed by atoms with Gasteiger partial charge in [-0.05, 0) is 74.0 Å². The molecule has 3 saturated heterocycles. The number of aromatic hydroxyl groups is 1. The number of imide groups is 2. The molecule has 0 aromatic heterocycles. The molecule has 4 aliphatic heterocycles. The Kier molecular flexibility index (Phi) is 8.07. The van der Waals surface area contributed by atoms with Crippen LogP contribution in [0.2, 0.25) is 0 Å². The number of amides is 5. The van der Waals surface area contributed by atoms with Crippen molar-refractivity contribution in [3.05, 3.63) is 52.8 Å². The maximum Gasteiger partial charge on any atom is 0.262 e. The summed E-state index contributed by atoms with van der Waals surface area (Å²) < 4.78 is 29.9. The van der Waals surface area contributed by atoms with Crippen molar-refractivity contribution >= 4 is 52.1 Å². The molecular weight excluding hydrogens is 595 g/mol. The lowest BCUT2D eigenvalue weighted by molar-refractivity contribution is -0.136. The summed E-state index contributed by atoms with van der Waals surface area (Å²) in [6.45, 7) is 2.75. The minimum Gasteiger partial charge on any atom is -0.506 e. The second-order valence-corrected chi connectivity index (χ2v) is 12.5. The zero-order valence-electron chi connectivity index (χ0n) is 23.6. The number of likely N-dealkylation sites (tertiary alicyclic amines) is 1. The molecule has 3 fully saturated rings. The van der Waals surface area contributed by atoms with E-state index < -0.39 is 52.6 Å². The topological polar surface area (TPSA) is 168 Å². The molecule has 4 heterocycles. The van der Waals surface area contributed by atoms with Crippen LogP contribution in [0.25, 0.3) is 0 Å². The van der Waals surface area contributed by atoms with Crippen molar-refractivity contribution in [2.75, 3.05) is 42.3 Å². The molecule has 0 aliphatic carbocycles. The van der Waals surface area contributed by atoms with Gasteiger partial charge in [0.1, 0.15) is 24.0 Å². The van der Waals surface area contributed by atoms with Gasteiger partial charge in [0.05, 0.1) is 11.1 Å². The minimum atomic E-state index is -1.93. The number of nitrogens with zero attached hydrogens (tertiary/aromatic N) is 3. The van der Waals surface area contributed by atoms with Crippen LogP contribution in [-0.2, 0) is 32.0 Å². The van der Waals surface area contributed by atoms with E-state index in [9.17, 15) is 37.7 Å². The number of halogens is 1. The van der Waals surface area contributed by atoms with Crippen molar-refractivity contribution in [1.82, 2.24) is 19.8 Å². The first kappa shape index (κ1) is 29.7. The van der Waals surface area contributed by atoms with Gasteiger partial charge in [-0.25, -0.2) is 8.60 Å². The number of phenols is 1. The highest BCUT2D eigenvalue weighted by Crippen LogP contribution is 2.34. The average Bonchev–Trinajstić information content (AvgIpc) is 3.63. The van der Waals surface area contributed by atoms with Gasteiger partial charge < -0.3 is 15.3 Å². The summed E-state index contributed by atoms with van der Waals surface area (Å²) in [5.74, 6) is -3.34. The highest BCUT2D eigenvalue weighted by Gasteiger charge is 2.44. The van der Waals surface area contributed by atoms with Crippen molar-refractivity contribution in [3.8, 4) is 5.75 Å². The lowest BCUT2D eigenvalue weighted by Gasteiger charge is -2.27. The minimum absolute atomic E-state index is 0.0650. The first-order valence-corrected chi connectivity index (χ1v) is 15.5. The molecule has 0 bridgehead atoms. The van der Waals surface area contributed by atoms with Gasteiger partial charge in [-0.15, -0.1) is 0 Å². The van der Waals surface area contributed by atoms with E-state index in [2.05, 4.69) is 20.3 Å². The summed E-state index contributed by atoms with van der Waals surface area (Å²) in [4.78, 5) is 64.4. The first-order chi connectivity index (χ1) is 21.1. The van der Waals surface area contributed by atoms with Crippen LogP contribution in [0.1, 0.15) is 52.0 Å². The van der Waals surface area contributed by atoms with Crippen LogP contribution in [0.5, 0.6) is 5.75 Å². The fraction of sp³-hybridized carbons (Fsp3) is 0.414. The predicted octanol–water partition coefficient (Wildman–Crippen LogP) is 0.814. The van der Waals surface area contributed by atoms with Crippen LogP contribution in [0.3, 0.4) is 0 Å². The van der Waals surface area contributed by atoms with E-state index in [1.54, 1.807) is 18.2 Å². The van der Waals surface area contributed by atoms with Gasteiger partial charge in [-0.1, -0.05) is 0 Å². The molecule has 5 amide bonds. The highest BCUT2D eigenvalue weighted by molar-refractivity contribution is 7.85. The molecule has 3 atom stereocenters. The molecule has 2 aromatic rings. The number of piperidine rings is 1. The largest absolute Gasteiger partial charge is 0.506 e. The summed E-state index contributed by atoms with van der Waals surface area (Å²) in [5, 5.41) is 15.9. The zero-order chi connectivity index (χ0) is 31.1. The van der Waals surface area contributed by atoms with E-state index in [1.807, 2.05) is 0 Å². The molecule has 2 aromatic carbocycles. The number of carbonyl (C=O) groups is 5. The lowest BCUT2D eigenvalue weighted by atomic mass is 10.0. The van der Waals surface area contributed by atoms with Crippen LogP contribution < -0.4 is 19.7 Å². The molecule has 0 saturated carbocycles. The molecule has 4 N–H and O–H groups in total. The van der Waals surface area contributed by atoms with Gasteiger partial charge in [0, 0.05) is 31.7 Å². The number of hydrogen-bond donors (Lipinski definition) is 4. The molecule has 13 nitrogen and oxygen atoms in total. The van der Waals surface area contributed by atoms with Crippen LogP contribution in [-0.4, -0.2) is 87.4 Å². The maximum atomic E-state index is 14.8. The van der Waals surface area contributed by atoms with Crippen LogP contribution in [0, 0.1) is 11.7 Å². The molecule has 0 radical (unpaired) electrons. The highest BCUT2D eigenvalue weighted by atomic mass is 32.2. The summed E-state index contributed by atoms with van der Waals surface area (Å²) in [6.07, 6.45) is 2.53. The second kappa shape index (κ2) is 12.0. The Balaban J connectivity index is 0.978. The number of anilines is 2. The smallest absolute Gasteiger partial charge is 0.262 e. The van der Waals surface area contributed by atoms with Crippen LogP contribution in [0.4, 0.5) is 15.8 Å². The standard InChI is InChI=1S/C29H31FN6O7S/c30-21-11-17(12-23(37)26(21)35-15-25(39)33-44(35)43)7-10-34-9-6-16(14-34)5-8-31-18-1-2-19-20(13-18)29(42)36(28(19)41)22-3-4-24(38)32-27(22)40/h1-2,11-13,16,22,31,37H,3-10,14-15H2,(H,33,39)(H,32,38,40). The van der Waals surface area contributed by atoms with Crippen molar-refractivity contribution in [2.45, 2.75) is 38.1 Å². The summed E-state index contributed by atoms with van der Waals surface area (Å²) >= 11 is -1.93. The van der Waals surface area contributed by atoms with Gasteiger partial charge in [0.2, 0.25) is 23.0 Å². The van der Waals surface area contributed by atoms with Crippen molar-refractivity contribution < 1.29 is 37.7 Å². The molecule has 4 aliphatic rings. The number of rotatable bonds is 9. The molecule has 44 heavy (non-hydrogen) atoms. The van der Waals surface area contributed by atoms with Crippen molar-refractivity contribution in [2.24, 2.45) is 5.92 Å². The third-order valence-corrected chi connectivity index (χ3v) is 9.56. The number of phenolic OH excluding ortho intramolecular Hbond substituents is 1. The third kappa shape index (κ3) is 5.76. The second-order valence-electron chi connectivity index (χ2n) is 11.4. The predicted molar refractivity (Wildman–Crippen MR) is 156 cm³/mol. The van der Waals surface area contributed by atoms with Gasteiger partial charge in [0.25, 0.3) is 17.7 Å². The number of fused-ring (bicyclic) bond motifs is 1. The Hall–Kier alpha value is -4.37. The average molecular weight is 627 g/mol. The zero-order valence-corrected chi connectivity index (χ0v) is 24.5. The Morgan fingerprint density at radius 2 is 1.82 bits per heavy atom. The van der Waals surface area contributed by atoms with E-state index in [-0.39, 0.29) is 42.0 Å². The maximum absolute atomic E-state index is 14.8. The Bertz CT molecular complexity index is 1580. The van der Waals surface area contributed by atoms with Crippen molar-refractivity contribution in [3.63, 3.8) is 0 Å². The summed E-state index contributed by atoms with van der Waals surface area (Å²) in [5.41, 5.74) is 1.49. The molecule has 3 unspecified atom stereocenters. The number of carbonyl (C=O) groups excluding carboxylic acids is 5. The van der Waals surface area contributed by atoms with Crippen LogP contribution in [0.15, 0.2) is 30.3 Å². The van der Waals surface area contributed by atoms with E-state index >= 15 is 0 Å². The number of benzene rings is 2. The lowest BCUT2D eigenvalue weighted by Crippen LogP contribution is -2.54. The van der Waals surface area contributed by atoms with Gasteiger partial charge in [-0.2, -0.15) is 0 Å². The molecule has 6 rings (SSSR count). The van der Waals surface area contributed by atoms with E-state index in [1.165, 1.54) is 12.1 Å². The number of nitrogens with one attached hydrogen (secondary N) is 3. The Morgan fingerprint density at radius 1 is 1.02 bits per heavy atom. The molecular formula is C29H31FN6O7S.